The molecule has 2 aromatic rings. The van der Waals surface area contributed by atoms with E-state index in [1.807, 2.05) is 6.07 Å². The lowest BCUT2D eigenvalue weighted by molar-refractivity contribution is -0.143. The van der Waals surface area contributed by atoms with E-state index in [0.717, 1.165) is 15.6 Å². The number of alkyl halides is 3. The second-order valence-corrected chi connectivity index (χ2v) is 5.81. The average molecular weight is 310 g/mol. The Hall–Kier alpha value is -1.05. The van der Waals surface area contributed by atoms with Gasteiger partial charge in [0.05, 0.1) is 4.88 Å². The molecule has 0 radical (unpaired) electrons. The summed E-state index contributed by atoms with van der Waals surface area (Å²) in [4.78, 5) is 1.66. The number of thiophene rings is 1. The first-order chi connectivity index (χ1) is 8.77. The van der Waals surface area contributed by atoms with Gasteiger partial charge in [-0.05, 0) is 30.0 Å². The van der Waals surface area contributed by atoms with Crippen LogP contribution in [0.5, 0.6) is 0 Å². The third-order valence-electron chi connectivity index (χ3n) is 2.46. The fourth-order valence-electron chi connectivity index (χ4n) is 1.67. The summed E-state index contributed by atoms with van der Waals surface area (Å²) in [6.07, 6.45) is -4.39. The van der Waals surface area contributed by atoms with Crippen LogP contribution in [0.4, 0.5) is 13.2 Å². The Labute approximate surface area is 117 Å². The number of aryl methyl sites for hydroxylation is 1. The minimum absolute atomic E-state index is 0.323. The van der Waals surface area contributed by atoms with E-state index in [1.165, 1.54) is 22.8 Å². The number of aromatic nitrogens is 2. The number of hydrogen-bond acceptors (Lipinski definition) is 3. The predicted octanol–water partition coefficient (Wildman–Crippen LogP) is 3.75. The molecule has 3 nitrogen and oxygen atoms in total. The van der Waals surface area contributed by atoms with Gasteiger partial charge in [0.2, 0.25) is 0 Å². The van der Waals surface area contributed by atoms with Crippen LogP contribution in [0.2, 0.25) is 0 Å². The van der Waals surface area contributed by atoms with Crippen molar-refractivity contribution < 1.29 is 13.2 Å². The Bertz CT molecular complexity index is 574. The van der Waals surface area contributed by atoms with Crippen molar-refractivity contribution in [3.05, 3.63) is 28.8 Å². The van der Waals surface area contributed by atoms with Gasteiger partial charge in [0.1, 0.15) is 11.4 Å². The molecule has 0 N–H and O–H groups in total. The fourth-order valence-corrected chi connectivity index (χ4v) is 2.89. The van der Waals surface area contributed by atoms with E-state index in [-0.39, 0.29) is 0 Å². The zero-order valence-corrected chi connectivity index (χ0v) is 11.8. The third kappa shape index (κ3) is 3.29. The standard InChI is InChI=1S/C11H11ClF3N3S/c1-17(12)6-7-3-4-9(19-7)8-5-10(11(13,14)15)18(2)16-8/h3-5H,6H2,1-2H3. The lowest BCUT2D eigenvalue weighted by Gasteiger charge is -2.04. The van der Waals surface area contributed by atoms with E-state index in [2.05, 4.69) is 5.10 Å². The third-order valence-corrected chi connectivity index (χ3v) is 3.67. The van der Waals surface area contributed by atoms with Gasteiger partial charge in [-0.15, -0.1) is 11.3 Å². The van der Waals surface area contributed by atoms with E-state index >= 15 is 0 Å². The van der Waals surface area contributed by atoms with Crippen LogP contribution in [0.15, 0.2) is 18.2 Å². The summed E-state index contributed by atoms with van der Waals surface area (Å²) in [6, 6.07) is 4.64. The smallest absolute Gasteiger partial charge is 0.263 e. The van der Waals surface area contributed by atoms with Crippen LogP contribution in [0, 0.1) is 0 Å². The van der Waals surface area contributed by atoms with Crippen LogP contribution < -0.4 is 0 Å². The van der Waals surface area contributed by atoms with Crippen molar-refractivity contribution in [3.63, 3.8) is 0 Å². The second kappa shape index (κ2) is 5.15. The van der Waals surface area contributed by atoms with Crippen molar-refractivity contribution in [1.29, 1.82) is 0 Å². The Morgan fingerprint density at radius 1 is 1.42 bits per heavy atom. The Kier molecular flexibility index (Phi) is 3.89. The van der Waals surface area contributed by atoms with E-state index in [9.17, 15) is 13.2 Å². The SMILES string of the molecule is CN(Cl)Cc1ccc(-c2cc(C(F)(F)F)n(C)n2)s1. The molecule has 2 heterocycles. The number of nitrogens with zero attached hydrogens (tertiary/aromatic N) is 3. The van der Waals surface area contributed by atoms with E-state index in [4.69, 9.17) is 11.8 Å². The molecule has 2 rings (SSSR count). The number of halogens is 4. The molecule has 0 spiro atoms. The molecule has 104 valence electrons. The summed E-state index contributed by atoms with van der Waals surface area (Å²) in [7, 11) is 3.00. The van der Waals surface area contributed by atoms with Gasteiger partial charge in [-0.1, -0.05) is 0 Å². The molecule has 19 heavy (non-hydrogen) atoms. The van der Waals surface area contributed by atoms with Crippen molar-refractivity contribution in [1.82, 2.24) is 14.2 Å². The largest absolute Gasteiger partial charge is 0.433 e. The first-order valence-electron chi connectivity index (χ1n) is 5.34. The molecule has 0 unspecified atom stereocenters. The number of rotatable bonds is 3. The van der Waals surface area contributed by atoms with Crippen molar-refractivity contribution in [2.45, 2.75) is 12.7 Å². The molecule has 0 aromatic carbocycles. The minimum atomic E-state index is -4.39. The number of hydrogen-bond donors (Lipinski definition) is 0. The molecular formula is C11H11ClF3N3S. The van der Waals surface area contributed by atoms with E-state index < -0.39 is 11.9 Å². The van der Waals surface area contributed by atoms with Crippen molar-refractivity contribution >= 4 is 23.1 Å². The maximum absolute atomic E-state index is 12.7. The van der Waals surface area contributed by atoms with Crippen LogP contribution in [0.25, 0.3) is 10.6 Å². The van der Waals surface area contributed by atoms with Gasteiger partial charge in [0.25, 0.3) is 0 Å². The zero-order valence-electron chi connectivity index (χ0n) is 10.2. The van der Waals surface area contributed by atoms with Gasteiger partial charge >= 0.3 is 6.18 Å². The Balaban J connectivity index is 2.30. The average Bonchev–Trinajstić information content (AvgIpc) is 2.82. The highest BCUT2D eigenvalue weighted by Gasteiger charge is 2.35. The monoisotopic (exact) mass is 309 g/mol. The Morgan fingerprint density at radius 2 is 2.11 bits per heavy atom. The van der Waals surface area contributed by atoms with Crippen molar-refractivity contribution in [2.24, 2.45) is 7.05 Å². The Morgan fingerprint density at radius 3 is 2.63 bits per heavy atom. The van der Waals surface area contributed by atoms with Gasteiger partial charge in [0, 0.05) is 25.5 Å². The fraction of sp³-hybridized carbons (Fsp3) is 0.364. The van der Waals surface area contributed by atoms with Gasteiger partial charge in [0.15, 0.2) is 0 Å². The van der Waals surface area contributed by atoms with Gasteiger partial charge in [-0.3, -0.25) is 4.68 Å². The van der Waals surface area contributed by atoms with Gasteiger partial charge in [-0.25, -0.2) is 4.42 Å². The highest BCUT2D eigenvalue weighted by atomic mass is 35.5. The molecular weight excluding hydrogens is 299 g/mol. The van der Waals surface area contributed by atoms with E-state index in [0.29, 0.717) is 17.1 Å². The first kappa shape index (κ1) is 14.4. The van der Waals surface area contributed by atoms with E-state index in [1.54, 1.807) is 13.1 Å². The summed E-state index contributed by atoms with van der Waals surface area (Å²) < 4.78 is 40.4. The molecule has 0 atom stereocenters. The molecule has 0 fully saturated rings. The lowest BCUT2D eigenvalue weighted by atomic mass is 10.3. The molecule has 2 aromatic heterocycles. The minimum Gasteiger partial charge on any atom is -0.263 e. The predicted molar refractivity (Wildman–Crippen MR) is 68.8 cm³/mol. The van der Waals surface area contributed by atoms with Crippen molar-refractivity contribution in [3.8, 4) is 10.6 Å². The van der Waals surface area contributed by atoms with Crippen LogP contribution >= 0.6 is 23.1 Å². The first-order valence-corrected chi connectivity index (χ1v) is 6.50. The molecule has 0 aliphatic carbocycles. The molecule has 0 bridgehead atoms. The molecule has 0 aliphatic heterocycles. The normalized spacial score (nSPS) is 12.4. The topological polar surface area (TPSA) is 21.1 Å². The molecule has 0 amide bonds. The summed E-state index contributed by atoms with van der Waals surface area (Å²) in [6.45, 7) is 0.533. The van der Waals surface area contributed by atoms with Crippen LogP contribution in [-0.2, 0) is 19.8 Å². The van der Waals surface area contributed by atoms with Crippen molar-refractivity contribution in [2.75, 3.05) is 7.05 Å². The zero-order chi connectivity index (χ0) is 14.2. The molecule has 0 aliphatic rings. The van der Waals surface area contributed by atoms with Gasteiger partial charge in [-0.2, -0.15) is 18.3 Å². The second-order valence-electron chi connectivity index (χ2n) is 4.07. The van der Waals surface area contributed by atoms with Crippen LogP contribution in [0.1, 0.15) is 10.6 Å². The van der Waals surface area contributed by atoms with Crippen LogP contribution in [0.3, 0.4) is 0 Å². The highest BCUT2D eigenvalue weighted by Crippen LogP contribution is 2.34. The molecule has 0 saturated carbocycles. The summed E-state index contributed by atoms with van der Waals surface area (Å²) in [5, 5.41) is 3.90. The summed E-state index contributed by atoms with van der Waals surface area (Å²) >= 11 is 7.11. The maximum atomic E-state index is 12.7. The van der Waals surface area contributed by atoms with Crippen LogP contribution in [-0.4, -0.2) is 21.2 Å². The summed E-state index contributed by atoms with van der Waals surface area (Å²) in [5.74, 6) is 0. The molecule has 0 saturated heterocycles. The summed E-state index contributed by atoms with van der Waals surface area (Å²) in [5.41, 5.74) is -0.435. The quantitative estimate of drug-likeness (QED) is 0.805. The molecule has 8 heteroatoms. The van der Waals surface area contributed by atoms with Gasteiger partial charge < -0.3 is 0 Å². The maximum Gasteiger partial charge on any atom is 0.433 e. The lowest BCUT2D eigenvalue weighted by Crippen LogP contribution is -2.11. The highest BCUT2D eigenvalue weighted by molar-refractivity contribution is 7.15.